The Morgan fingerprint density at radius 1 is 1.23 bits per heavy atom. The van der Waals surface area contributed by atoms with Gasteiger partial charge in [0.05, 0.1) is 8.07 Å². The fourth-order valence-corrected chi connectivity index (χ4v) is 3.95. The third-order valence-corrected chi connectivity index (χ3v) is 7.67. The number of hydrogen-bond donors (Lipinski definition) is 0. The van der Waals surface area contributed by atoms with Crippen LogP contribution in [0.4, 0.5) is 8.78 Å². The Morgan fingerprint density at radius 2 is 1.54 bits per heavy atom. The molecule has 5 heteroatoms. The van der Waals surface area contributed by atoms with Crippen LogP contribution in [0.3, 0.4) is 0 Å². The summed E-state index contributed by atoms with van der Waals surface area (Å²) >= 11 is 4.25. The molecule has 0 aliphatic carbocycles. The first-order chi connectivity index (χ1) is 6.16. The van der Waals surface area contributed by atoms with Crippen LogP contribution in [0.1, 0.15) is 20.8 Å². The van der Waals surface area contributed by atoms with Gasteiger partial charge in [-0.2, -0.15) is 0 Å². The third-order valence-electron chi connectivity index (χ3n) is 2.58. The van der Waals surface area contributed by atoms with Crippen LogP contribution in [0.2, 0.25) is 18.1 Å². The molecule has 0 fully saturated rings. The zero-order chi connectivity index (χ0) is 10.9. The van der Waals surface area contributed by atoms with Gasteiger partial charge in [-0.25, -0.2) is 0 Å². The number of hydrogen-bond acceptors (Lipinski definition) is 0. The molecule has 0 aliphatic heterocycles. The summed E-state index contributed by atoms with van der Waals surface area (Å²) in [7, 11) is -2.06. The Bertz CT molecular complexity index is 141. The van der Waals surface area contributed by atoms with E-state index in [1.165, 1.54) is 22.7 Å². The summed E-state index contributed by atoms with van der Waals surface area (Å²) in [6.07, 6.45) is 1.17. The molecule has 0 atom stereocenters. The van der Waals surface area contributed by atoms with Gasteiger partial charge in [-0.1, -0.05) is 44.4 Å². The average molecular weight is 323 g/mol. The van der Waals surface area contributed by atoms with Gasteiger partial charge in [0.15, 0.2) is 0 Å². The van der Waals surface area contributed by atoms with E-state index in [4.69, 9.17) is 0 Å². The van der Waals surface area contributed by atoms with Gasteiger partial charge in [-0.3, -0.25) is 10.7 Å². The van der Waals surface area contributed by atoms with E-state index < -0.39 is 13.5 Å². The van der Waals surface area contributed by atoms with Gasteiger partial charge >= 0.3 is 30.0 Å². The summed E-state index contributed by atoms with van der Waals surface area (Å²) in [5.74, 6) is 0. The number of halogens is 3. The molecule has 0 bridgehead atoms. The van der Waals surface area contributed by atoms with Crippen LogP contribution in [0, 0.1) is 6.33 Å². The minimum atomic E-state index is -2.06. The van der Waals surface area contributed by atoms with E-state index in [1.807, 2.05) is 20.8 Å². The summed E-state index contributed by atoms with van der Waals surface area (Å²) in [5.41, 5.74) is -0.593. The summed E-state index contributed by atoms with van der Waals surface area (Å²) in [6.45, 7) is 5.78. The van der Waals surface area contributed by atoms with Crippen LogP contribution in [-0.4, -0.2) is 8.07 Å². The van der Waals surface area contributed by atoms with Crippen molar-refractivity contribution in [3.05, 3.63) is 11.8 Å². The SMILES string of the molecule is CC[Si](CC)(CC)C(F)=[C-]F.[Zn+][Br]. The second-order valence-corrected chi connectivity index (χ2v) is 7.87. The summed E-state index contributed by atoms with van der Waals surface area (Å²) in [4.78, 5) is 0. The van der Waals surface area contributed by atoms with Gasteiger partial charge in [0.25, 0.3) is 0 Å². The monoisotopic (exact) mass is 320 g/mol. The zero-order valence-electron chi connectivity index (χ0n) is 8.46. The van der Waals surface area contributed by atoms with Crippen molar-refractivity contribution in [1.82, 2.24) is 0 Å². The quantitative estimate of drug-likeness (QED) is 0.529. The van der Waals surface area contributed by atoms with Crippen molar-refractivity contribution in [2.45, 2.75) is 38.9 Å². The van der Waals surface area contributed by atoms with E-state index in [1.54, 1.807) is 0 Å². The van der Waals surface area contributed by atoms with Gasteiger partial charge in [-0.05, 0) is 0 Å². The Kier molecular flexibility index (Phi) is 11.9. The molecule has 0 N–H and O–H groups in total. The molecule has 0 heterocycles. The van der Waals surface area contributed by atoms with E-state index >= 15 is 0 Å². The van der Waals surface area contributed by atoms with Crippen LogP contribution in [0.25, 0.3) is 0 Å². The maximum atomic E-state index is 12.9. The molecule has 0 nitrogen and oxygen atoms in total. The Balaban J connectivity index is 0. The van der Waals surface area contributed by atoms with Gasteiger partial charge < -0.3 is 4.39 Å². The van der Waals surface area contributed by atoms with Gasteiger partial charge in [0.1, 0.15) is 0 Å². The van der Waals surface area contributed by atoms with Crippen LogP contribution < -0.4 is 0 Å². The van der Waals surface area contributed by atoms with Crippen LogP contribution in [-0.2, 0) is 16.3 Å². The first kappa shape index (κ1) is 16.4. The van der Waals surface area contributed by atoms with E-state index in [9.17, 15) is 8.78 Å². The van der Waals surface area contributed by atoms with Crippen LogP contribution in [0.15, 0.2) is 5.45 Å². The zero-order valence-corrected chi connectivity index (χ0v) is 14.0. The molecule has 0 spiro atoms. The fraction of sp³-hybridized carbons (Fsp3) is 0.750. The van der Waals surface area contributed by atoms with Gasteiger partial charge in [0.2, 0.25) is 0 Å². The molecule has 0 aromatic carbocycles. The standard InChI is InChI=1S/C8H15F2Si.BrH.Zn/c1-4-11(5-2,6-3)8(10)7-9;;/h4-6H2,1-3H3;1H;/q-1;;+2/p-1. The van der Waals surface area contributed by atoms with Crippen LogP contribution in [0.5, 0.6) is 0 Å². The molecule has 0 saturated heterocycles. The van der Waals surface area contributed by atoms with Crippen molar-refractivity contribution in [1.29, 1.82) is 0 Å². The van der Waals surface area contributed by atoms with Crippen molar-refractivity contribution in [2.75, 3.05) is 0 Å². The first-order valence-corrected chi connectivity index (χ1v) is 13.9. The van der Waals surface area contributed by atoms with Crippen molar-refractivity contribution < 1.29 is 25.1 Å². The normalized spacial score (nSPS) is 12.2. The molecule has 0 aromatic rings. The molecule has 0 saturated carbocycles. The Morgan fingerprint density at radius 3 is 1.62 bits per heavy atom. The molecule has 0 aromatic heterocycles. The molecule has 0 aliphatic rings. The fourth-order valence-electron chi connectivity index (χ4n) is 1.32. The second kappa shape index (κ2) is 9.47. The maximum absolute atomic E-state index is 12.9. The van der Waals surface area contributed by atoms with Crippen LogP contribution >= 0.6 is 13.6 Å². The molecule has 0 radical (unpaired) electrons. The van der Waals surface area contributed by atoms with E-state index in [-0.39, 0.29) is 0 Å². The van der Waals surface area contributed by atoms with Gasteiger partial charge in [-0.15, -0.1) is 0 Å². The van der Waals surface area contributed by atoms with E-state index in [0.29, 0.717) is 0 Å². The Hall–Kier alpha value is 0.920. The minimum absolute atomic E-state index is 0.593. The van der Waals surface area contributed by atoms with Gasteiger partial charge in [0, 0.05) is 0 Å². The predicted octanol–water partition coefficient (Wildman–Crippen LogP) is 4.46. The summed E-state index contributed by atoms with van der Waals surface area (Å²) in [5, 5.41) is 0. The molecule has 74 valence electrons. The van der Waals surface area contributed by atoms with Crippen molar-refractivity contribution in [2.24, 2.45) is 0 Å². The molecule has 0 unspecified atom stereocenters. The molecular weight excluding hydrogens is 307 g/mol. The third kappa shape index (κ3) is 4.80. The summed E-state index contributed by atoms with van der Waals surface area (Å²) < 4.78 is 24.8. The van der Waals surface area contributed by atoms with E-state index in [2.05, 4.69) is 13.6 Å². The van der Waals surface area contributed by atoms with E-state index in [0.717, 1.165) is 18.1 Å². The molecule has 0 amide bonds. The Labute approximate surface area is 97.2 Å². The number of rotatable bonds is 4. The predicted molar refractivity (Wildman–Crippen MR) is 55.1 cm³/mol. The second-order valence-electron chi connectivity index (χ2n) is 2.75. The van der Waals surface area contributed by atoms with Crippen molar-refractivity contribution >= 4 is 21.7 Å². The van der Waals surface area contributed by atoms with Crippen molar-refractivity contribution in [3.8, 4) is 0 Å². The average Bonchev–Trinajstić information content (AvgIpc) is 2.24. The topological polar surface area (TPSA) is 0 Å². The molecular formula is C8H15BrF2SiZn. The first-order valence-electron chi connectivity index (χ1n) is 4.33. The summed E-state index contributed by atoms with van der Waals surface area (Å²) in [6, 6.07) is 2.30. The molecule has 13 heavy (non-hydrogen) atoms. The molecule has 0 rings (SSSR count). The van der Waals surface area contributed by atoms with Crippen molar-refractivity contribution in [3.63, 3.8) is 0 Å².